The summed E-state index contributed by atoms with van der Waals surface area (Å²) in [5, 5.41) is 6.99. The Morgan fingerprint density at radius 1 is 1.15 bits per heavy atom. The summed E-state index contributed by atoms with van der Waals surface area (Å²) >= 11 is 1.83. The third kappa shape index (κ3) is 2.79. The lowest BCUT2D eigenvalue weighted by molar-refractivity contribution is 0.638. The van der Waals surface area contributed by atoms with Gasteiger partial charge in [-0.05, 0) is 41.9 Å². The molecule has 1 N–H and O–H groups in total. The van der Waals surface area contributed by atoms with E-state index in [1.807, 2.05) is 11.3 Å². The molecule has 3 aromatic rings. The largest absolute Gasteiger partial charge is 0.338 e. The SMILES string of the molecule is CCCNCc1cc2ccccc2n1Cc1cccs1. The van der Waals surface area contributed by atoms with Crippen LogP contribution in [0.2, 0.25) is 0 Å². The van der Waals surface area contributed by atoms with Crippen molar-refractivity contribution in [3.8, 4) is 0 Å². The summed E-state index contributed by atoms with van der Waals surface area (Å²) in [6, 6.07) is 15.3. The number of hydrogen-bond donors (Lipinski definition) is 1. The number of para-hydroxylation sites is 1. The van der Waals surface area contributed by atoms with E-state index in [2.05, 4.69) is 64.7 Å². The number of thiophene rings is 1. The van der Waals surface area contributed by atoms with Crippen LogP contribution in [0.15, 0.2) is 47.8 Å². The van der Waals surface area contributed by atoms with Crippen LogP contribution in [-0.4, -0.2) is 11.1 Å². The lowest BCUT2D eigenvalue weighted by Gasteiger charge is -2.10. The van der Waals surface area contributed by atoms with Crippen molar-refractivity contribution in [1.29, 1.82) is 0 Å². The highest BCUT2D eigenvalue weighted by molar-refractivity contribution is 7.09. The second-order valence-electron chi connectivity index (χ2n) is 5.04. The van der Waals surface area contributed by atoms with Crippen LogP contribution >= 0.6 is 11.3 Å². The average molecular weight is 284 g/mol. The van der Waals surface area contributed by atoms with Gasteiger partial charge < -0.3 is 9.88 Å². The van der Waals surface area contributed by atoms with E-state index in [1.54, 1.807) is 0 Å². The van der Waals surface area contributed by atoms with Crippen LogP contribution in [-0.2, 0) is 13.1 Å². The van der Waals surface area contributed by atoms with Gasteiger partial charge >= 0.3 is 0 Å². The first-order valence-electron chi connectivity index (χ1n) is 7.18. The second-order valence-corrected chi connectivity index (χ2v) is 6.07. The number of aromatic nitrogens is 1. The Labute approximate surface area is 124 Å². The van der Waals surface area contributed by atoms with E-state index < -0.39 is 0 Å². The van der Waals surface area contributed by atoms with E-state index in [4.69, 9.17) is 0 Å². The van der Waals surface area contributed by atoms with Gasteiger partial charge in [-0.2, -0.15) is 0 Å². The van der Waals surface area contributed by atoms with Crippen LogP contribution in [0.1, 0.15) is 23.9 Å². The molecule has 1 aromatic carbocycles. The predicted octanol–water partition coefficient (Wildman–Crippen LogP) is 4.25. The molecule has 0 fully saturated rings. The highest BCUT2D eigenvalue weighted by Gasteiger charge is 2.09. The summed E-state index contributed by atoms with van der Waals surface area (Å²) in [5.74, 6) is 0. The summed E-state index contributed by atoms with van der Waals surface area (Å²) < 4.78 is 2.43. The Hall–Kier alpha value is -1.58. The minimum absolute atomic E-state index is 0.938. The van der Waals surface area contributed by atoms with E-state index in [-0.39, 0.29) is 0 Å². The number of hydrogen-bond acceptors (Lipinski definition) is 2. The molecule has 0 amide bonds. The van der Waals surface area contributed by atoms with Crippen molar-refractivity contribution in [3.63, 3.8) is 0 Å². The molecule has 0 aliphatic rings. The number of nitrogens with one attached hydrogen (secondary N) is 1. The standard InChI is InChI=1S/C17H20N2S/c1-2-9-18-12-15-11-14-6-3-4-8-17(14)19(15)13-16-7-5-10-20-16/h3-8,10-11,18H,2,9,12-13H2,1H3. The molecule has 0 radical (unpaired) electrons. The van der Waals surface area contributed by atoms with Gasteiger partial charge in [0.15, 0.2) is 0 Å². The zero-order valence-electron chi connectivity index (χ0n) is 11.8. The predicted molar refractivity (Wildman–Crippen MR) is 87.4 cm³/mol. The molecule has 0 unspecified atom stereocenters. The molecule has 2 nitrogen and oxygen atoms in total. The first-order chi connectivity index (χ1) is 9.88. The second kappa shape index (κ2) is 6.25. The lowest BCUT2D eigenvalue weighted by atomic mass is 10.2. The summed E-state index contributed by atoms with van der Waals surface area (Å²) in [7, 11) is 0. The Bertz CT molecular complexity index is 667. The van der Waals surface area contributed by atoms with Gasteiger partial charge in [0.2, 0.25) is 0 Å². The highest BCUT2D eigenvalue weighted by Crippen LogP contribution is 2.22. The molecule has 3 rings (SSSR count). The van der Waals surface area contributed by atoms with Gasteiger partial charge in [-0.1, -0.05) is 31.2 Å². The third-order valence-corrected chi connectivity index (χ3v) is 4.38. The van der Waals surface area contributed by atoms with E-state index in [0.29, 0.717) is 0 Å². The fourth-order valence-electron chi connectivity index (χ4n) is 2.55. The van der Waals surface area contributed by atoms with Crippen molar-refractivity contribution in [1.82, 2.24) is 9.88 Å². The van der Waals surface area contributed by atoms with Gasteiger partial charge in [0.1, 0.15) is 0 Å². The molecule has 20 heavy (non-hydrogen) atoms. The Kier molecular flexibility index (Phi) is 4.19. The maximum Gasteiger partial charge on any atom is 0.0572 e. The number of fused-ring (bicyclic) bond motifs is 1. The van der Waals surface area contributed by atoms with Gasteiger partial charge in [-0.15, -0.1) is 11.3 Å². The molecule has 0 spiro atoms. The van der Waals surface area contributed by atoms with Gasteiger partial charge in [-0.25, -0.2) is 0 Å². The molecule has 104 valence electrons. The number of nitrogens with zero attached hydrogens (tertiary/aromatic N) is 1. The molecule has 2 heterocycles. The van der Waals surface area contributed by atoms with E-state index in [9.17, 15) is 0 Å². The van der Waals surface area contributed by atoms with Crippen LogP contribution in [0.3, 0.4) is 0 Å². The third-order valence-electron chi connectivity index (χ3n) is 3.52. The summed E-state index contributed by atoms with van der Waals surface area (Å²) in [6.45, 7) is 5.18. The molecular formula is C17H20N2S. The van der Waals surface area contributed by atoms with E-state index in [0.717, 1.165) is 19.6 Å². The monoisotopic (exact) mass is 284 g/mol. The normalized spacial score (nSPS) is 11.2. The molecule has 0 bridgehead atoms. The number of benzene rings is 1. The zero-order valence-corrected chi connectivity index (χ0v) is 12.6. The lowest BCUT2D eigenvalue weighted by Crippen LogP contribution is -2.17. The molecule has 0 atom stereocenters. The first-order valence-corrected chi connectivity index (χ1v) is 8.06. The number of rotatable bonds is 6. The maximum atomic E-state index is 3.51. The topological polar surface area (TPSA) is 17.0 Å². The fraction of sp³-hybridized carbons (Fsp3) is 0.294. The molecule has 0 saturated carbocycles. The van der Waals surface area contributed by atoms with Crippen LogP contribution in [0.4, 0.5) is 0 Å². The first kappa shape index (κ1) is 13.4. The minimum atomic E-state index is 0.938. The fourth-order valence-corrected chi connectivity index (χ4v) is 3.25. The smallest absolute Gasteiger partial charge is 0.0572 e. The molecule has 0 saturated heterocycles. The van der Waals surface area contributed by atoms with Crippen LogP contribution in [0, 0.1) is 0 Å². The molecule has 2 aromatic heterocycles. The summed E-state index contributed by atoms with van der Waals surface area (Å²) in [5.41, 5.74) is 2.70. The molecular weight excluding hydrogens is 264 g/mol. The average Bonchev–Trinajstić information content (AvgIpc) is 3.09. The van der Waals surface area contributed by atoms with E-state index >= 15 is 0 Å². The molecule has 0 aliphatic heterocycles. The quantitative estimate of drug-likeness (QED) is 0.670. The Morgan fingerprint density at radius 3 is 2.85 bits per heavy atom. The van der Waals surface area contributed by atoms with E-state index in [1.165, 1.54) is 27.9 Å². The molecule has 0 aliphatic carbocycles. The summed E-state index contributed by atoms with van der Waals surface area (Å²) in [6.07, 6.45) is 1.17. The minimum Gasteiger partial charge on any atom is -0.338 e. The van der Waals surface area contributed by atoms with Crippen molar-refractivity contribution in [2.75, 3.05) is 6.54 Å². The Balaban J connectivity index is 1.94. The van der Waals surface area contributed by atoms with Crippen LogP contribution in [0.5, 0.6) is 0 Å². The van der Waals surface area contributed by atoms with Gasteiger partial charge in [-0.3, -0.25) is 0 Å². The van der Waals surface area contributed by atoms with Crippen molar-refractivity contribution in [2.45, 2.75) is 26.4 Å². The van der Waals surface area contributed by atoms with Gasteiger partial charge in [0.05, 0.1) is 6.54 Å². The summed E-state index contributed by atoms with van der Waals surface area (Å²) in [4.78, 5) is 1.41. The Morgan fingerprint density at radius 2 is 2.05 bits per heavy atom. The molecule has 3 heteroatoms. The van der Waals surface area contributed by atoms with Gasteiger partial charge in [0, 0.05) is 22.6 Å². The van der Waals surface area contributed by atoms with Crippen molar-refractivity contribution in [2.24, 2.45) is 0 Å². The maximum absolute atomic E-state index is 3.51. The zero-order chi connectivity index (χ0) is 13.8. The van der Waals surface area contributed by atoms with Gasteiger partial charge in [0.25, 0.3) is 0 Å². The van der Waals surface area contributed by atoms with Crippen LogP contribution < -0.4 is 5.32 Å². The van der Waals surface area contributed by atoms with Crippen molar-refractivity contribution >= 4 is 22.2 Å². The van der Waals surface area contributed by atoms with Crippen molar-refractivity contribution < 1.29 is 0 Å². The van der Waals surface area contributed by atoms with Crippen LogP contribution in [0.25, 0.3) is 10.9 Å². The highest BCUT2D eigenvalue weighted by atomic mass is 32.1. The van der Waals surface area contributed by atoms with Crippen molar-refractivity contribution in [3.05, 3.63) is 58.4 Å².